The fourth-order valence-corrected chi connectivity index (χ4v) is 8.21. The van der Waals surface area contributed by atoms with E-state index in [1.807, 2.05) is 0 Å². The molecule has 0 aromatic heterocycles. The number of hydroxylamine groups is 2. The molecule has 0 spiro atoms. The van der Waals surface area contributed by atoms with Crippen LogP contribution in [0.1, 0.15) is 79.0 Å². The Labute approximate surface area is 305 Å². The molecule has 1 amide bonds. The summed E-state index contributed by atoms with van der Waals surface area (Å²) >= 11 is 23.6. The first-order chi connectivity index (χ1) is 19.2. The van der Waals surface area contributed by atoms with Gasteiger partial charge in [0.05, 0.1) is 32.6 Å². The predicted molar refractivity (Wildman–Crippen MR) is 171 cm³/mol. The van der Waals surface area contributed by atoms with Gasteiger partial charge in [0.15, 0.2) is 11.6 Å². The third-order valence-corrected chi connectivity index (χ3v) is 11.1. The normalized spacial score (nSPS) is 27.8. The van der Waals surface area contributed by atoms with Gasteiger partial charge in [0.25, 0.3) is 5.91 Å². The number of ketones is 3. The van der Waals surface area contributed by atoms with E-state index < -0.39 is 0 Å². The average molecular weight is 759 g/mol. The zero-order chi connectivity index (χ0) is 30.0. The van der Waals surface area contributed by atoms with Crippen LogP contribution in [0.15, 0.2) is 36.4 Å². The van der Waals surface area contributed by atoms with Crippen molar-refractivity contribution in [2.45, 2.75) is 58.3 Å². The van der Waals surface area contributed by atoms with Crippen LogP contribution in [0.3, 0.4) is 0 Å². The van der Waals surface area contributed by atoms with Crippen LogP contribution in [0.4, 0.5) is 0 Å². The van der Waals surface area contributed by atoms with Crippen LogP contribution in [-0.2, 0) is 14.4 Å². The summed E-state index contributed by atoms with van der Waals surface area (Å²) in [6, 6.07) is 9.92. The van der Waals surface area contributed by atoms with E-state index in [4.69, 9.17) is 51.2 Å². The number of benzene rings is 2. The first kappa shape index (κ1) is 39.5. The summed E-state index contributed by atoms with van der Waals surface area (Å²) in [6.07, 6.45) is 5.89. The van der Waals surface area contributed by atoms with E-state index in [1.54, 1.807) is 50.4 Å². The Hall–Kier alpha value is -0.714. The van der Waals surface area contributed by atoms with Crippen LogP contribution >= 0.6 is 46.4 Å². The van der Waals surface area contributed by atoms with E-state index in [0.717, 1.165) is 38.5 Å². The first-order valence-electron chi connectivity index (χ1n) is 13.5. The van der Waals surface area contributed by atoms with Crippen molar-refractivity contribution in [1.82, 2.24) is 5.06 Å². The quantitative estimate of drug-likeness (QED) is 0.153. The van der Waals surface area contributed by atoms with E-state index in [9.17, 15) is 19.2 Å². The van der Waals surface area contributed by atoms with Crippen LogP contribution < -0.4 is 17.0 Å². The van der Waals surface area contributed by atoms with Gasteiger partial charge in [-0.05, 0) is 92.7 Å². The molecule has 4 bridgehead atoms. The van der Waals surface area contributed by atoms with Crippen LogP contribution in [0, 0.1) is 29.1 Å². The van der Waals surface area contributed by atoms with Gasteiger partial charge >= 0.3 is 23.1 Å². The molecule has 0 heterocycles. The maximum absolute atomic E-state index is 12.4. The summed E-state index contributed by atoms with van der Waals surface area (Å²) in [7, 11) is 3.10. The topological polar surface area (TPSA) is 80.8 Å². The van der Waals surface area contributed by atoms with Crippen molar-refractivity contribution in [3.05, 3.63) is 75.0 Å². The molecule has 8 rings (SSSR count). The first-order valence-corrected chi connectivity index (χ1v) is 15.0. The van der Waals surface area contributed by atoms with Crippen LogP contribution in [0.25, 0.3) is 0 Å². The molecule has 6 aliphatic carbocycles. The number of hydrogen-bond acceptors (Lipinski definition) is 5. The summed E-state index contributed by atoms with van der Waals surface area (Å²) in [5.41, 5.74) is 0.854. The Balaban J connectivity index is 0.000000290. The van der Waals surface area contributed by atoms with Crippen LogP contribution in [0.5, 0.6) is 0 Å². The molecule has 6 saturated carbocycles. The minimum absolute atomic E-state index is 0. The molecule has 0 atom stereocenters. The van der Waals surface area contributed by atoms with Gasteiger partial charge in [0.2, 0.25) is 0 Å². The van der Waals surface area contributed by atoms with Crippen molar-refractivity contribution >= 4 is 92.7 Å². The minimum Gasteiger partial charge on any atom is -1.00 e. The molecule has 0 unspecified atom stereocenters. The molecule has 234 valence electrons. The fourth-order valence-electron chi connectivity index (χ4n) is 7.61. The number of carbonyl (C=O) groups excluding carboxylic acids is 4. The monoisotopic (exact) mass is 755 g/mol. The molecule has 6 aliphatic rings. The minimum atomic E-state index is -0.303. The number of Topliss-reactive ketones (excluding diaryl/α,β-unsaturated/α-hetero) is 3. The summed E-state index contributed by atoms with van der Waals surface area (Å²) in [6.45, 7) is 1.66. The Morgan fingerprint density at radius 3 is 1.41 bits per heavy atom. The Morgan fingerprint density at radius 1 is 0.727 bits per heavy atom. The van der Waals surface area contributed by atoms with Gasteiger partial charge in [-0.25, -0.2) is 5.06 Å². The number of carbonyl (C=O) groups is 4. The van der Waals surface area contributed by atoms with Crippen LogP contribution in [0.2, 0.25) is 20.1 Å². The van der Waals surface area contributed by atoms with Gasteiger partial charge in [-0.3, -0.25) is 24.0 Å². The van der Waals surface area contributed by atoms with E-state index in [-0.39, 0.29) is 92.4 Å². The van der Waals surface area contributed by atoms with E-state index in [1.165, 1.54) is 12.2 Å². The van der Waals surface area contributed by atoms with E-state index in [0.29, 0.717) is 44.1 Å². The van der Waals surface area contributed by atoms with Gasteiger partial charge < -0.3 is 24.4 Å². The summed E-state index contributed by atoms with van der Waals surface area (Å²) in [5.74, 6) is 0.435. The largest absolute Gasteiger partial charge is 2.00 e. The van der Waals surface area contributed by atoms with Crippen molar-refractivity contribution in [2.24, 2.45) is 21.7 Å². The maximum Gasteiger partial charge on any atom is 2.00 e. The van der Waals surface area contributed by atoms with Crippen molar-refractivity contribution in [2.75, 3.05) is 14.2 Å². The van der Waals surface area contributed by atoms with Crippen molar-refractivity contribution in [1.29, 1.82) is 0 Å². The Morgan fingerprint density at radius 2 is 1.09 bits per heavy atom. The van der Waals surface area contributed by atoms with Gasteiger partial charge in [-0.2, -0.15) is 0 Å². The Kier molecular flexibility index (Phi) is 12.7. The third-order valence-electron chi connectivity index (χ3n) is 9.59. The molecule has 0 saturated heterocycles. The van der Waals surface area contributed by atoms with Gasteiger partial charge in [-0.1, -0.05) is 46.4 Å². The summed E-state index contributed by atoms with van der Waals surface area (Å²) in [4.78, 5) is 53.2. The Bertz CT molecular complexity index is 1440. The molecule has 2 aromatic rings. The second kappa shape index (κ2) is 14.2. The van der Waals surface area contributed by atoms with Crippen molar-refractivity contribution in [3.8, 4) is 0 Å². The van der Waals surface area contributed by atoms with E-state index >= 15 is 0 Å². The molecule has 0 N–H and O–H groups in total. The number of hydrogen-bond donors (Lipinski definition) is 0. The summed E-state index contributed by atoms with van der Waals surface area (Å²) in [5, 5.41) is 2.98. The van der Waals surface area contributed by atoms with Crippen LogP contribution in [-0.4, -0.2) is 65.5 Å². The molecule has 12 heteroatoms. The zero-order valence-corrected chi connectivity index (χ0v) is 31.2. The van der Waals surface area contributed by atoms with E-state index in [2.05, 4.69) is 0 Å². The summed E-state index contributed by atoms with van der Waals surface area (Å²) < 4.78 is 0. The van der Waals surface area contributed by atoms with Gasteiger partial charge in [0, 0.05) is 36.4 Å². The average Bonchev–Trinajstić information content (AvgIpc) is 2.84. The maximum atomic E-state index is 12.4. The second-order valence-corrected chi connectivity index (χ2v) is 14.2. The number of amides is 1. The molecule has 6 nitrogen and oxygen atoms in total. The zero-order valence-electron chi connectivity index (χ0n) is 25.2. The number of rotatable bonds is 9. The van der Waals surface area contributed by atoms with Crippen molar-refractivity contribution in [3.63, 3.8) is 0 Å². The SMILES string of the molecule is CC(=O)C12CC(CC(=O)c3ccc(Cl)c(Cl)c3)(C1)C2.CON(C)C(=O)C12CC(CC(=O)c3ccc(Cl)c(Cl)c3)(C1)C2.[Br-].[CH3-].[Mg+2]. The van der Waals surface area contributed by atoms with Gasteiger partial charge in [0.1, 0.15) is 5.78 Å². The fraction of sp³-hybridized carbons (Fsp3) is 0.469. The molecule has 44 heavy (non-hydrogen) atoms. The molecule has 0 radical (unpaired) electrons. The second-order valence-electron chi connectivity index (χ2n) is 12.6. The number of halogens is 5. The molecular weight excluding hydrogens is 724 g/mol. The predicted octanol–water partition coefficient (Wildman–Crippen LogP) is 5.16. The molecule has 0 aliphatic heterocycles. The van der Waals surface area contributed by atoms with Gasteiger partial charge in [-0.15, -0.1) is 0 Å². The standard InChI is InChI=1S/C16H17Cl2NO3.C15H14Cl2O2.CH3.BrH.Mg/c1-19(22-2)14(21)16-7-15(8-16,9-16)6-13(20)10-3-4-11(17)12(18)5-10;1-9(18)15-6-14(7-15,8-15)5-13(19)10-2-3-11(16)12(17)4-10;;;/h3-5H,6-9H2,1-2H3;2-4H,5-8H2,1H3;1H3;1H;/q;;-1;;+2/p-1. The number of nitrogens with zero attached hydrogens (tertiary/aromatic N) is 1. The molecule has 2 aromatic carbocycles. The third kappa shape index (κ3) is 7.08. The molecular formula is C32H34BrCl4MgNO5. The smallest absolute Gasteiger partial charge is 1.00 e. The van der Waals surface area contributed by atoms with Crippen molar-refractivity contribution < 1.29 is 41.0 Å². The molecule has 6 fully saturated rings.